The summed E-state index contributed by atoms with van der Waals surface area (Å²) < 4.78 is 0. The lowest BCUT2D eigenvalue weighted by molar-refractivity contribution is -0.129. The van der Waals surface area contributed by atoms with Gasteiger partial charge in [0.1, 0.15) is 0 Å². The number of hydrogen-bond donors (Lipinski definition) is 3. The Kier molecular flexibility index (Phi) is 2.88. The van der Waals surface area contributed by atoms with Crippen molar-refractivity contribution in [2.75, 3.05) is 6.54 Å². The fourth-order valence-electron chi connectivity index (χ4n) is 1.73. The Hall–Kier alpha value is -1.10. The summed E-state index contributed by atoms with van der Waals surface area (Å²) in [5.74, 6) is -0.0672. The van der Waals surface area contributed by atoms with Crippen LogP contribution in [0, 0.1) is 5.92 Å². The quantitative estimate of drug-likeness (QED) is 0.590. The summed E-state index contributed by atoms with van der Waals surface area (Å²) in [7, 11) is 0. The minimum atomic E-state index is -0.820. The smallest absolute Gasteiger partial charge is 0.240 e. The molecule has 2 saturated carbocycles. The molecule has 0 spiro atoms. The first kappa shape index (κ1) is 11.4. The highest BCUT2D eigenvalue weighted by Gasteiger charge is 2.44. The highest BCUT2D eigenvalue weighted by Crippen LogP contribution is 2.37. The Labute approximate surface area is 95.1 Å². The highest BCUT2D eigenvalue weighted by atomic mass is 16.2. The second-order valence-electron chi connectivity index (χ2n) is 5.08. The van der Waals surface area contributed by atoms with Crippen molar-refractivity contribution in [3.8, 4) is 0 Å². The van der Waals surface area contributed by atoms with Gasteiger partial charge in [0.05, 0.1) is 12.1 Å². The lowest BCUT2D eigenvalue weighted by atomic mass is 9.96. The average molecular weight is 225 g/mol. The van der Waals surface area contributed by atoms with Crippen LogP contribution in [0.2, 0.25) is 0 Å². The van der Waals surface area contributed by atoms with Crippen LogP contribution in [0.4, 0.5) is 0 Å². The predicted molar refractivity (Wildman–Crippen MR) is 59.5 cm³/mol. The van der Waals surface area contributed by atoms with Crippen molar-refractivity contribution in [3.05, 3.63) is 0 Å². The summed E-state index contributed by atoms with van der Waals surface area (Å²) >= 11 is 0. The molecule has 0 aliphatic heterocycles. The Morgan fingerprint density at radius 1 is 1.31 bits per heavy atom. The van der Waals surface area contributed by atoms with E-state index in [0.29, 0.717) is 6.04 Å². The Bertz CT molecular complexity index is 306. The molecule has 0 bridgehead atoms. The predicted octanol–water partition coefficient (Wildman–Crippen LogP) is -0.491. The molecule has 5 nitrogen and oxygen atoms in total. The van der Waals surface area contributed by atoms with Crippen LogP contribution in [0.15, 0.2) is 0 Å². The van der Waals surface area contributed by atoms with E-state index >= 15 is 0 Å². The van der Waals surface area contributed by atoms with Crippen molar-refractivity contribution in [3.63, 3.8) is 0 Å². The molecule has 1 atom stereocenters. The molecule has 2 aliphatic carbocycles. The third-order valence-electron chi connectivity index (χ3n) is 3.27. The molecular formula is C11H19N3O2. The van der Waals surface area contributed by atoms with Crippen molar-refractivity contribution >= 4 is 11.8 Å². The largest absolute Gasteiger partial charge is 0.352 e. The number of carbonyl (C=O) groups is 2. The lowest BCUT2D eigenvalue weighted by Gasteiger charge is -2.22. The van der Waals surface area contributed by atoms with Gasteiger partial charge in [-0.2, -0.15) is 0 Å². The number of nitrogens with one attached hydrogen (secondary N) is 2. The zero-order valence-corrected chi connectivity index (χ0v) is 9.58. The first-order valence-electron chi connectivity index (χ1n) is 5.86. The first-order valence-corrected chi connectivity index (χ1v) is 5.86. The SMILES string of the molecule is CC(N)(C(=O)NCC(=O)NC1CC1)C1CC1. The van der Waals surface area contributed by atoms with Crippen LogP contribution < -0.4 is 16.4 Å². The lowest BCUT2D eigenvalue weighted by Crippen LogP contribution is -2.55. The zero-order valence-electron chi connectivity index (χ0n) is 9.58. The first-order chi connectivity index (χ1) is 7.50. The Balaban J connectivity index is 1.71. The molecule has 5 heteroatoms. The van der Waals surface area contributed by atoms with Crippen molar-refractivity contribution in [1.82, 2.24) is 10.6 Å². The van der Waals surface area contributed by atoms with Crippen molar-refractivity contribution < 1.29 is 9.59 Å². The van der Waals surface area contributed by atoms with E-state index in [-0.39, 0.29) is 24.3 Å². The van der Waals surface area contributed by atoms with E-state index in [4.69, 9.17) is 5.73 Å². The molecule has 2 aliphatic rings. The fourth-order valence-corrected chi connectivity index (χ4v) is 1.73. The third-order valence-corrected chi connectivity index (χ3v) is 3.27. The van der Waals surface area contributed by atoms with E-state index < -0.39 is 5.54 Å². The van der Waals surface area contributed by atoms with Crippen LogP contribution in [0.3, 0.4) is 0 Å². The van der Waals surface area contributed by atoms with Crippen molar-refractivity contribution in [1.29, 1.82) is 0 Å². The molecule has 90 valence electrons. The molecule has 0 aromatic rings. The second-order valence-corrected chi connectivity index (χ2v) is 5.08. The fraction of sp³-hybridized carbons (Fsp3) is 0.818. The van der Waals surface area contributed by atoms with E-state index in [2.05, 4.69) is 10.6 Å². The number of hydrogen-bond acceptors (Lipinski definition) is 3. The van der Waals surface area contributed by atoms with E-state index in [1.54, 1.807) is 6.92 Å². The van der Waals surface area contributed by atoms with Gasteiger partial charge in [-0.05, 0) is 38.5 Å². The molecule has 0 aromatic carbocycles. The summed E-state index contributed by atoms with van der Waals surface area (Å²) in [5, 5.41) is 5.41. The van der Waals surface area contributed by atoms with Crippen LogP contribution in [0.25, 0.3) is 0 Å². The molecule has 0 radical (unpaired) electrons. The maximum Gasteiger partial charge on any atom is 0.240 e. The topological polar surface area (TPSA) is 84.2 Å². The molecular weight excluding hydrogens is 206 g/mol. The summed E-state index contributed by atoms with van der Waals surface area (Å²) in [5.41, 5.74) is 5.10. The number of rotatable bonds is 5. The van der Waals surface area contributed by atoms with Gasteiger partial charge >= 0.3 is 0 Å². The monoisotopic (exact) mass is 225 g/mol. The maximum absolute atomic E-state index is 11.7. The summed E-state index contributed by atoms with van der Waals surface area (Å²) in [6.45, 7) is 1.77. The van der Waals surface area contributed by atoms with Crippen LogP contribution in [-0.2, 0) is 9.59 Å². The van der Waals surface area contributed by atoms with Crippen molar-refractivity contribution in [2.24, 2.45) is 11.7 Å². The minimum Gasteiger partial charge on any atom is -0.352 e. The van der Waals surface area contributed by atoms with Gasteiger partial charge in [0.25, 0.3) is 0 Å². The van der Waals surface area contributed by atoms with Gasteiger partial charge in [-0.15, -0.1) is 0 Å². The van der Waals surface area contributed by atoms with Gasteiger partial charge in [-0.3, -0.25) is 9.59 Å². The molecule has 16 heavy (non-hydrogen) atoms. The van der Waals surface area contributed by atoms with E-state index in [1.165, 1.54) is 0 Å². The van der Waals surface area contributed by atoms with E-state index in [1.807, 2.05) is 0 Å². The van der Waals surface area contributed by atoms with Gasteiger partial charge in [0.2, 0.25) is 11.8 Å². The minimum absolute atomic E-state index is 0.0366. The Morgan fingerprint density at radius 3 is 2.44 bits per heavy atom. The van der Waals surface area contributed by atoms with E-state index in [0.717, 1.165) is 25.7 Å². The summed E-state index contributed by atoms with van der Waals surface area (Å²) in [4.78, 5) is 23.1. The third kappa shape index (κ3) is 2.72. The normalized spacial score (nSPS) is 23.4. The molecule has 0 heterocycles. The molecule has 1 unspecified atom stereocenters. The van der Waals surface area contributed by atoms with Crippen molar-refractivity contribution in [2.45, 2.75) is 44.2 Å². The highest BCUT2D eigenvalue weighted by molar-refractivity contribution is 5.90. The maximum atomic E-state index is 11.7. The average Bonchev–Trinajstić information content (AvgIpc) is 3.03. The molecule has 0 aromatic heterocycles. The molecule has 4 N–H and O–H groups in total. The Morgan fingerprint density at radius 2 is 1.94 bits per heavy atom. The molecule has 2 fully saturated rings. The van der Waals surface area contributed by atoms with Gasteiger partial charge in [0.15, 0.2) is 0 Å². The van der Waals surface area contributed by atoms with Gasteiger partial charge in [-0.1, -0.05) is 0 Å². The number of carbonyl (C=O) groups excluding carboxylic acids is 2. The van der Waals surface area contributed by atoms with Crippen LogP contribution in [0.5, 0.6) is 0 Å². The summed E-state index contributed by atoms with van der Waals surface area (Å²) in [6.07, 6.45) is 4.12. The van der Waals surface area contributed by atoms with E-state index in [9.17, 15) is 9.59 Å². The molecule has 2 rings (SSSR count). The van der Waals surface area contributed by atoms with Gasteiger partial charge in [0, 0.05) is 6.04 Å². The van der Waals surface area contributed by atoms with Crippen LogP contribution in [0.1, 0.15) is 32.6 Å². The zero-order chi connectivity index (χ0) is 11.8. The second kappa shape index (κ2) is 4.05. The van der Waals surface area contributed by atoms with Crippen LogP contribution >= 0.6 is 0 Å². The molecule has 0 saturated heterocycles. The molecule has 2 amide bonds. The standard InChI is InChI=1S/C11H19N3O2/c1-11(12,7-2-3-7)10(16)13-6-9(15)14-8-4-5-8/h7-8H,2-6,12H2,1H3,(H,13,16)(H,14,15). The number of amides is 2. The van der Waals surface area contributed by atoms with Gasteiger partial charge < -0.3 is 16.4 Å². The summed E-state index contributed by atoms with van der Waals surface area (Å²) in [6, 6.07) is 0.331. The number of nitrogens with two attached hydrogens (primary N) is 1. The van der Waals surface area contributed by atoms with Gasteiger partial charge in [-0.25, -0.2) is 0 Å². The van der Waals surface area contributed by atoms with Crippen LogP contribution in [-0.4, -0.2) is 29.9 Å².